The molecule has 1 heterocycles. The van der Waals surface area contributed by atoms with Crippen molar-refractivity contribution in [3.8, 4) is 23.0 Å². The number of aryl methyl sites for hydroxylation is 4. The van der Waals surface area contributed by atoms with E-state index >= 15 is 0 Å². The van der Waals surface area contributed by atoms with E-state index in [4.69, 9.17) is 4.74 Å². The molecule has 7 nitrogen and oxygen atoms in total. The predicted octanol–water partition coefficient (Wildman–Crippen LogP) is 7.61. The van der Waals surface area contributed by atoms with Crippen LogP contribution in [0, 0.1) is 27.7 Å². The maximum absolute atomic E-state index is 13.6. The van der Waals surface area contributed by atoms with Crippen molar-refractivity contribution in [3.05, 3.63) is 151 Å². The number of hydrogen-bond acceptors (Lipinski definition) is 7. The third-order valence-electron chi connectivity index (χ3n) is 9.72. The number of esters is 1. The van der Waals surface area contributed by atoms with Crippen LogP contribution in [0.5, 0.6) is 23.0 Å². The number of fused-ring (bicyclic) bond motifs is 8. The molecule has 8 bridgehead atoms. The van der Waals surface area contributed by atoms with Gasteiger partial charge in [0, 0.05) is 43.5 Å². The van der Waals surface area contributed by atoms with Gasteiger partial charge in [0.15, 0.2) is 0 Å². The fourth-order valence-corrected chi connectivity index (χ4v) is 7.45. The molecule has 0 amide bonds. The molecule has 0 saturated carbocycles. The zero-order valence-corrected chi connectivity index (χ0v) is 29.4. The first-order valence-electron chi connectivity index (χ1n) is 17.0. The lowest BCUT2D eigenvalue weighted by atomic mass is 9.90. The molecule has 1 aliphatic heterocycles. The Morgan fingerprint density at radius 2 is 0.900 bits per heavy atom. The van der Waals surface area contributed by atoms with Crippen LogP contribution in [0.15, 0.2) is 78.9 Å². The Kier molecular flexibility index (Phi) is 9.89. The molecule has 5 aromatic carbocycles. The number of aromatic hydroxyl groups is 4. The van der Waals surface area contributed by atoms with Crippen molar-refractivity contribution in [1.29, 1.82) is 0 Å². The minimum atomic E-state index is -0.744. The number of rotatable bonds is 4. The van der Waals surface area contributed by atoms with Gasteiger partial charge in [0.05, 0.1) is 7.11 Å². The zero-order valence-electron chi connectivity index (χ0n) is 29.4. The maximum Gasteiger partial charge on any atom is 0.323 e. The third-order valence-corrected chi connectivity index (χ3v) is 9.72. The molecule has 0 aromatic heterocycles. The van der Waals surface area contributed by atoms with Gasteiger partial charge < -0.3 is 25.2 Å². The SMILES string of the molecule is COC(=O)[C@H](Cc1ccccc1)N1Cc2cc(C)cc(c2O)Cc2cc(C)cc(c2O)Cc2cc(C)cc(c2O)Cc2cc(C)cc(c2O)C1. The molecule has 6 rings (SSSR count). The van der Waals surface area contributed by atoms with Crippen molar-refractivity contribution in [1.82, 2.24) is 4.90 Å². The van der Waals surface area contributed by atoms with Gasteiger partial charge in [-0.2, -0.15) is 0 Å². The largest absolute Gasteiger partial charge is 0.507 e. The molecule has 0 saturated heterocycles. The van der Waals surface area contributed by atoms with Gasteiger partial charge in [-0.15, -0.1) is 0 Å². The van der Waals surface area contributed by atoms with Gasteiger partial charge in [0.1, 0.15) is 29.0 Å². The Bertz CT molecular complexity index is 1950. The highest BCUT2D eigenvalue weighted by Gasteiger charge is 2.30. The quantitative estimate of drug-likeness (QED) is 0.146. The number of carbonyl (C=O) groups is 1. The van der Waals surface area contributed by atoms with E-state index in [9.17, 15) is 25.2 Å². The summed E-state index contributed by atoms with van der Waals surface area (Å²) in [5.74, 6) is -0.00826. The number of ether oxygens (including phenoxy) is 1. The van der Waals surface area contributed by atoms with E-state index in [0.29, 0.717) is 57.3 Å². The smallest absolute Gasteiger partial charge is 0.323 e. The first kappa shape index (κ1) is 34.6. The van der Waals surface area contributed by atoms with Crippen LogP contribution < -0.4 is 0 Å². The van der Waals surface area contributed by atoms with Crippen molar-refractivity contribution >= 4 is 5.97 Å². The number of benzene rings is 5. The normalized spacial score (nSPS) is 14.0. The van der Waals surface area contributed by atoms with Crippen molar-refractivity contribution in [3.63, 3.8) is 0 Å². The Hall–Kier alpha value is -5.27. The van der Waals surface area contributed by atoms with E-state index < -0.39 is 12.0 Å². The molecule has 1 aliphatic rings. The average Bonchev–Trinajstić information content (AvgIpc) is 3.07. The molecular weight excluding hydrogens is 626 g/mol. The first-order chi connectivity index (χ1) is 23.9. The van der Waals surface area contributed by atoms with Crippen LogP contribution in [0.25, 0.3) is 0 Å². The minimum Gasteiger partial charge on any atom is -0.507 e. The summed E-state index contributed by atoms with van der Waals surface area (Å²) in [6, 6.07) is 24.4. The van der Waals surface area contributed by atoms with E-state index in [2.05, 4.69) is 0 Å². The average molecular weight is 672 g/mol. The van der Waals surface area contributed by atoms with Crippen LogP contribution in [-0.4, -0.2) is 44.4 Å². The van der Waals surface area contributed by atoms with E-state index in [1.54, 1.807) is 0 Å². The molecule has 5 aromatic rings. The summed E-state index contributed by atoms with van der Waals surface area (Å²) in [5.41, 5.74) is 9.92. The van der Waals surface area contributed by atoms with E-state index in [1.807, 2.05) is 111 Å². The van der Waals surface area contributed by atoms with Gasteiger partial charge in [-0.25, -0.2) is 0 Å². The number of phenols is 4. The molecule has 7 heteroatoms. The topological polar surface area (TPSA) is 110 Å². The highest BCUT2D eigenvalue weighted by atomic mass is 16.5. The lowest BCUT2D eigenvalue weighted by Crippen LogP contribution is -2.42. The van der Waals surface area contributed by atoms with E-state index in [1.165, 1.54) is 7.11 Å². The van der Waals surface area contributed by atoms with E-state index in [0.717, 1.165) is 27.8 Å². The molecule has 0 fully saturated rings. The molecule has 1 atom stereocenters. The highest BCUT2D eigenvalue weighted by Crippen LogP contribution is 2.38. The monoisotopic (exact) mass is 671 g/mol. The Morgan fingerprint density at radius 1 is 0.580 bits per heavy atom. The zero-order chi connectivity index (χ0) is 35.7. The number of carbonyl (C=O) groups excluding carboxylic acids is 1. The molecule has 50 heavy (non-hydrogen) atoms. The lowest BCUT2D eigenvalue weighted by Gasteiger charge is -2.31. The van der Waals surface area contributed by atoms with Crippen molar-refractivity contribution < 1.29 is 30.0 Å². The Balaban J connectivity index is 1.58. The number of nitrogens with zero attached hydrogens (tertiary/aromatic N) is 1. The summed E-state index contributed by atoms with van der Waals surface area (Å²) in [6.45, 7) is 8.23. The summed E-state index contributed by atoms with van der Waals surface area (Å²) in [7, 11) is 1.37. The number of hydrogen-bond donors (Lipinski definition) is 4. The van der Waals surface area contributed by atoms with Gasteiger partial charge in [-0.3, -0.25) is 9.69 Å². The molecule has 0 aliphatic carbocycles. The molecule has 258 valence electrons. The first-order valence-corrected chi connectivity index (χ1v) is 17.0. The number of phenolic OH excluding ortho intramolecular Hbond substituents is 4. The highest BCUT2D eigenvalue weighted by molar-refractivity contribution is 5.76. The predicted molar refractivity (Wildman–Crippen MR) is 195 cm³/mol. The van der Waals surface area contributed by atoms with Crippen molar-refractivity contribution in [2.75, 3.05) is 7.11 Å². The summed E-state index contributed by atoms with van der Waals surface area (Å²) in [4.78, 5) is 15.5. The molecule has 4 N–H and O–H groups in total. The van der Waals surface area contributed by atoms with Crippen LogP contribution in [-0.2, 0) is 48.3 Å². The standard InChI is InChI=1S/C43H45NO6/c1-25-11-30-20-31-12-26(2)14-33(40(31)46)22-35-16-28(4)18-37(42(35)48)24-44(38(43(49)50-5)19-29-9-7-6-8-10-29)23-36-17-27(3)15-34(41(36)47)21-32(13-25)39(30)45/h6-18,38,45-48H,19-24H2,1-5H3/t38-/m0/s1. The second-order valence-corrected chi connectivity index (χ2v) is 13.9. The summed E-state index contributed by atoms with van der Waals surface area (Å²) in [5, 5.41) is 46.9. The maximum atomic E-state index is 13.6. The summed E-state index contributed by atoms with van der Waals surface area (Å²) in [6.07, 6.45) is 1.21. The van der Waals surface area contributed by atoms with Crippen molar-refractivity contribution in [2.45, 2.75) is 72.5 Å². The van der Waals surface area contributed by atoms with Crippen LogP contribution in [0.2, 0.25) is 0 Å². The fraction of sp³-hybridized carbons (Fsp3) is 0.279. The van der Waals surface area contributed by atoms with Gasteiger partial charge in [-0.05, 0) is 73.1 Å². The van der Waals surface area contributed by atoms with Gasteiger partial charge >= 0.3 is 5.97 Å². The van der Waals surface area contributed by atoms with Crippen LogP contribution >= 0.6 is 0 Å². The third kappa shape index (κ3) is 7.33. The molecular formula is C43H45NO6. The molecule has 0 unspecified atom stereocenters. The fourth-order valence-electron chi connectivity index (χ4n) is 7.45. The van der Waals surface area contributed by atoms with Crippen LogP contribution in [0.4, 0.5) is 0 Å². The van der Waals surface area contributed by atoms with Crippen LogP contribution in [0.3, 0.4) is 0 Å². The van der Waals surface area contributed by atoms with Gasteiger partial charge in [-0.1, -0.05) is 101 Å². The van der Waals surface area contributed by atoms with Crippen LogP contribution in [0.1, 0.15) is 72.3 Å². The lowest BCUT2D eigenvalue weighted by molar-refractivity contribution is -0.147. The van der Waals surface area contributed by atoms with Crippen molar-refractivity contribution in [2.24, 2.45) is 0 Å². The Labute approximate surface area is 294 Å². The minimum absolute atomic E-state index is 0.0858. The van der Waals surface area contributed by atoms with Gasteiger partial charge in [0.25, 0.3) is 0 Å². The number of methoxy groups -OCH3 is 1. The summed E-state index contributed by atoms with van der Waals surface area (Å²) < 4.78 is 5.36. The molecule has 0 spiro atoms. The van der Waals surface area contributed by atoms with Gasteiger partial charge in [0.2, 0.25) is 0 Å². The van der Waals surface area contributed by atoms with E-state index in [-0.39, 0.29) is 48.9 Å². The Morgan fingerprint density at radius 3 is 1.24 bits per heavy atom. The summed E-state index contributed by atoms with van der Waals surface area (Å²) >= 11 is 0. The molecule has 0 radical (unpaired) electrons. The second-order valence-electron chi connectivity index (χ2n) is 13.9. The second kappa shape index (κ2) is 14.3.